The molecule has 0 heterocycles. The van der Waals surface area contributed by atoms with Gasteiger partial charge in [0.05, 0.1) is 0 Å². The molecule has 0 aliphatic carbocycles. The molecule has 0 saturated carbocycles. The van der Waals surface area contributed by atoms with Crippen molar-refractivity contribution >= 4 is 43.1 Å². The molecule has 2 nitrogen and oxygen atoms in total. The normalized spacial score (nSPS) is 11.9. The van der Waals surface area contributed by atoms with E-state index < -0.39 is 0 Å². The van der Waals surface area contributed by atoms with E-state index in [4.69, 9.17) is 0 Å². The van der Waals surface area contributed by atoms with E-state index in [2.05, 4.69) is 100 Å². The van der Waals surface area contributed by atoms with Crippen molar-refractivity contribution in [2.75, 3.05) is 0 Å². The van der Waals surface area contributed by atoms with Crippen molar-refractivity contribution < 1.29 is 10.2 Å². The molecule has 0 bridgehead atoms. The van der Waals surface area contributed by atoms with Crippen molar-refractivity contribution in [2.45, 2.75) is 182 Å². The predicted octanol–water partition coefficient (Wildman–Crippen LogP) is 17.4. The summed E-state index contributed by atoms with van der Waals surface area (Å²) in [7, 11) is 0. The van der Waals surface area contributed by atoms with Gasteiger partial charge in [0.1, 0.15) is 11.5 Å². The van der Waals surface area contributed by atoms with Crippen molar-refractivity contribution in [1.82, 2.24) is 0 Å². The second-order valence-electron chi connectivity index (χ2n) is 17.6. The Hall–Kier alpha value is -4.04. The maximum atomic E-state index is 12.2. The maximum absolute atomic E-state index is 12.2. The number of fused-ring (bicyclic) bond motifs is 4. The number of aromatic hydroxyl groups is 2. The molecule has 0 amide bonds. The molecule has 6 aromatic rings. The van der Waals surface area contributed by atoms with Gasteiger partial charge < -0.3 is 10.2 Å². The van der Waals surface area contributed by atoms with E-state index >= 15 is 0 Å². The van der Waals surface area contributed by atoms with Gasteiger partial charge in [-0.1, -0.05) is 191 Å². The fourth-order valence-electron chi connectivity index (χ4n) is 9.49. The largest absolute Gasteiger partial charge is 0.507 e. The summed E-state index contributed by atoms with van der Waals surface area (Å²) in [5.74, 6) is 0.781. The molecule has 0 unspecified atom stereocenters. The first-order chi connectivity index (χ1) is 28.5. The Kier molecular flexibility index (Phi) is 16.8. The highest BCUT2D eigenvalue weighted by atomic mass is 16.3. The van der Waals surface area contributed by atoms with Crippen molar-refractivity contribution in [3.05, 3.63) is 95.1 Å². The van der Waals surface area contributed by atoms with Crippen LogP contribution in [0.4, 0.5) is 0 Å². The van der Waals surface area contributed by atoms with Gasteiger partial charge in [-0.3, -0.25) is 0 Å². The first-order valence-corrected chi connectivity index (χ1v) is 23.9. The van der Waals surface area contributed by atoms with Crippen LogP contribution in [-0.2, 0) is 25.7 Å². The molecule has 0 saturated heterocycles. The van der Waals surface area contributed by atoms with Crippen molar-refractivity contribution in [2.24, 2.45) is 0 Å². The summed E-state index contributed by atoms with van der Waals surface area (Å²) in [6, 6.07) is 27.5. The van der Waals surface area contributed by atoms with Crippen LogP contribution in [0.1, 0.15) is 178 Å². The van der Waals surface area contributed by atoms with Crippen LogP contribution in [0.25, 0.3) is 54.2 Å². The highest BCUT2D eigenvalue weighted by Crippen LogP contribution is 2.50. The van der Waals surface area contributed by atoms with Gasteiger partial charge in [-0.05, 0) is 118 Å². The lowest BCUT2D eigenvalue weighted by Gasteiger charge is -2.21. The maximum Gasteiger partial charge on any atom is 0.131 e. The predicted molar refractivity (Wildman–Crippen MR) is 255 cm³/mol. The minimum Gasteiger partial charge on any atom is -0.507 e. The van der Waals surface area contributed by atoms with Crippen LogP contribution in [-0.4, -0.2) is 10.2 Å². The molecule has 6 rings (SSSR count). The summed E-state index contributed by atoms with van der Waals surface area (Å²) in [4.78, 5) is 0. The summed E-state index contributed by atoms with van der Waals surface area (Å²) >= 11 is 0. The highest BCUT2D eigenvalue weighted by molar-refractivity contribution is 6.26. The number of benzene rings is 6. The Morgan fingerprint density at radius 3 is 0.828 bits per heavy atom. The van der Waals surface area contributed by atoms with Gasteiger partial charge >= 0.3 is 0 Å². The Morgan fingerprint density at radius 1 is 0.276 bits per heavy atom. The number of phenolic OH excluding ortho intramolecular Hbond substituents is 2. The SMILES string of the molecule is CCCCCCCc1ccc2c(-c3c4ccc(CCCCCCC)cc4c(O)c4ccc(CCCCCCC)cc34)c3cc(CCCCCCC)ccc3c(O)c2c1. The third-order valence-electron chi connectivity index (χ3n) is 13.0. The molecule has 0 aromatic heterocycles. The highest BCUT2D eigenvalue weighted by Gasteiger charge is 2.22. The quantitative estimate of drug-likeness (QED) is 0.0449. The first-order valence-electron chi connectivity index (χ1n) is 23.9. The lowest BCUT2D eigenvalue weighted by molar-refractivity contribution is 0.487. The molecule has 310 valence electrons. The molecule has 2 N–H and O–H groups in total. The van der Waals surface area contributed by atoms with E-state index in [1.165, 1.54) is 162 Å². The Balaban J connectivity index is 1.57. The minimum atomic E-state index is 0.390. The molecule has 2 heteroatoms. The summed E-state index contributed by atoms with van der Waals surface area (Å²) in [5, 5.41) is 32.6. The van der Waals surface area contributed by atoms with Crippen LogP contribution < -0.4 is 0 Å². The number of unbranched alkanes of at least 4 members (excludes halogenated alkanes) is 16. The summed E-state index contributed by atoms with van der Waals surface area (Å²) < 4.78 is 0. The molecule has 0 aliphatic heterocycles. The zero-order valence-electron chi connectivity index (χ0n) is 36.8. The zero-order valence-corrected chi connectivity index (χ0v) is 36.8. The third kappa shape index (κ3) is 10.8. The summed E-state index contributed by atoms with van der Waals surface area (Å²) in [6.07, 6.45) is 29.1. The van der Waals surface area contributed by atoms with Gasteiger partial charge in [0.15, 0.2) is 0 Å². The van der Waals surface area contributed by atoms with Crippen LogP contribution >= 0.6 is 0 Å². The lowest BCUT2D eigenvalue weighted by Crippen LogP contribution is -1.96. The first kappa shape index (κ1) is 43.5. The molecule has 0 spiro atoms. The topological polar surface area (TPSA) is 40.5 Å². The smallest absolute Gasteiger partial charge is 0.131 e. The van der Waals surface area contributed by atoms with Crippen LogP contribution in [0.2, 0.25) is 0 Å². The van der Waals surface area contributed by atoms with E-state index in [0.717, 1.165) is 68.8 Å². The van der Waals surface area contributed by atoms with Gasteiger partial charge in [0.2, 0.25) is 0 Å². The average Bonchev–Trinajstić information content (AvgIpc) is 3.24. The standard InChI is InChI=1S/C56H74O2/c1-5-9-13-17-21-25-41-31-35-47-49(37-41)53(45-33-29-43(39-51(45)55(47)57)27-23-19-15-11-7-3)54-46-34-30-44(28-24-20-16-12-8-4)40-52(46)56(58)48-36-32-42(38-50(48)54)26-22-18-14-10-6-2/h29-40,57-58H,5-28H2,1-4H3. The molecule has 0 radical (unpaired) electrons. The summed E-state index contributed by atoms with van der Waals surface area (Å²) in [5.41, 5.74) is 7.63. The van der Waals surface area contributed by atoms with E-state index in [0.29, 0.717) is 11.5 Å². The van der Waals surface area contributed by atoms with E-state index in [9.17, 15) is 10.2 Å². The molecule has 58 heavy (non-hydrogen) atoms. The van der Waals surface area contributed by atoms with Gasteiger partial charge in [0, 0.05) is 21.5 Å². The van der Waals surface area contributed by atoms with E-state index in [-0.39, 0.29) is 0 Å². The van der Waals surface area contributed by atoms with Crippen LogP contribution in [0.15, 0.2) is 72.8 Å². The molecular weight excluding hydrogens is 705 g/mol. The summed E-state index contributed by atoms with van der Waals surface area (Å²) in [6.45, 7) is 9.10. The number of hydrogen-bond donors (Lipinski definition) is 2. The fraction of sp³-hybridized carbons (Fsp3) is 0.500. The second kappa shape index (κ2) is 22.4. The van der Waals surface area contributed by atoms with E-state index in [1.807, 2.05) is 0 Å². The second-order valence-corrected chi connectivity index (χ2v) is 17.6. The number of phenols is 2. The van der Waals surface area contributed by atoms with Gasteiger partial charge in [-0.15, -0.1) is 0 Å². The van der Waals surface area contributed by atoms with Crippen molar-refractivity contribution in [1.29, 1.82) is 0 Å². The molecule has 0 fully saturated rings. The fourth-order valence-corrected chi connectivity index (χ4v) is 9.49. The number of hydrogen-bond acceptors (Lipinski definition) is 2. The van der Waals surface area contributed by atoms with Crippen LogP contribution in [0.5, 0.6) is 11.5 Å². The zero-order chi connectivity index (χ0) is 40.7. The molecular formula is C56H74O2. The number of aryl methyl sites for hydroxylation is 4. The lowest BCUT2D eigenvalue weighted by atomic mass is 9.83. The molecule has 0 atom stereocenters. The van der Waals surface area contributed by atoms with Crippen LogP contribution in [0, 0.1) is 0 Å². The monoisotopic (exact) mass is 779 g/mol. The van der Waals surface area contributed by atoms with Crippen molar-refractivity contribution in [3.63, 3.8) is 0 Å². The molecule has 6 aromatic carbocycles. The van der Waals surface area contributed by atoms with Gasteiger partial charge in [-0.25, -0.2) is 0 Å². The Labute approximate surface area is 351 Å². The minimum absolute atomic E-state index is 0.390. The van der Waals surface area contributed by atoms with Gasteiger partial charge in [-0.2, -0.15) is 0 Å². The third-order valence-corrected chi connectivity index (χ3v) is 13.0. The van der Waals surface area contributed by atoms with Gasteiger partial charge in [0.25, 0.3) is 0 Å². The average molecular weight is 779 g/mol. The van der Waals surface area contributed by atoms with Crippen LogP contribution in [0.3, 0.4) is 0 Å². The van der Waals surface area contributed by atoms with Crippen molar-refractivity contribution in [3.8, 4) is 22.6 Å². The van der Waals surface area contributed by atoms with E-state index in [1.54, 1.807) is 0 Å². The Morgan fingerprint density at radius 2 is 0.534 bits per heavy atom. The number of rotatable bonds is 25. The molecule has 0 aliphatic rings. The Bertz CT molecular complexity index is 2070.